The Morgan fingerprint density at radius 2 is 2.00 bits per heavy atom. The summed E-state index contributed by atoms with van der Waals surface area (Å²) < 4.78 is 14.9. The Morgan fingerprint density at radius 3 is 2.64 bits per heavy atom. The first-order valence-electron chi connectivity index (χ1n) is 7.66. The molecular formula is C17H23FN4. The summed E-state index contributed by atoms with van der Waals surface area (Å²) in [5.74, 6) is 1.47. The van der Waals surface area contributed by atoms with E-state index in [9.17, 15) is 4.39 Å². The van der Waals surface area contributed by atoms with Crippen molar-refractivity contribution in [1.29, 1.82) is 0 Å². The van der Waals surface area contributed by atoms with Gasteiger partial charge in [-0.25, -0.2) is 4.39 Å². The molecule has 0 aliphatic heterocycles. The molecule has 0 saturated heterocycles. The summed E-state index contributed by atoms with van der Waals surface area (Å²) in [4.78, 5) is 2.10. The molecule has 1 aromatic carbocycles. The van der Waals surface area contributed by atoms with Gasteiger partial charge in [0.15, 0.2) is 0 Å². The number of nitrogens with one attached hydrogen (secondary N) is 1. The summed E-state index contributed by atoms with van der Waals surface area (Å²) >= 11 is 0. The quantitative estimate of drug-likeness (QED) is 0.921. The molecule has 1 fully saturated rings. The molecule has 0 spiro atoms. The van der Waals surface area contributed by atoms with Crippen molar-refractivity contribution in [3.63, 3.8) is 0 Å². The van der Waals surface area contributed by atoms with E-state index in [4.69, 9.17) is 0 Å². The lowest BCUT2D eigenvalue weighted by Gasteiger charge is -2.15. The van der Waals surface area contributed by atoms with E-state index in [1.807, 2.05) is 44.9 Å². The molecule has 0 bridgehead atoms. The van der Waals surface area contributed by atoms with Crippen LogP contribution in [0.2, 0.25) is 0 Å². The molecule has 1 saturated carbocycles. The molecule has 2 unspecified atom stereocenters. The Bertz CT molecular complexity index is 660. The molecule has 22 heavy (non-hydrogen) atoms. The van der Waals surface area contributed by atoms with Crippen LogP contribution in [0.1, 0.15) is 29.2 Å². The van der Waals surface area contributed by atoms with Gasteiger partial charge >= 0.3 is 0 Å². The van der Waals surface area contributed by atoms with Crippen molar-refractivity contribution in [3.05, 3.63) is 46.9 Å². The predicted molar refractivity (Wildman–Crippen MR) is 86.7 cm³/mol. The van der Waals surface area contributed by atoms with Crippen LogP contribution in [0.15, 0.2) is 24.3 Å². The second kappa shape index (κ2) is 5.72. The van der Waals surface area contributed by atoms with Crippen molar-refractivity contribution >= 4 is 5.82 Å². The van der Waals surface area contributed by atoms with E-state index in [0.717, 1.165) is 24.5 Å². The fourth-order valence-corrected chi connectivity index (χ4v) is 3.19. The maximum Gasteiger partial charge on any atom is 0.130 e. The van der Waals surface area contributed by atoms with E-state index >= 15 is 0 Å². The van der Waals surface area contributed by atoms with Gasteiger partial charge in [0, 0.05) is 45.2 Å². The molecule has 3 rings (SSSR count). The zero-order valence-electron chi connectivity index (χ0n) is 13.6. The van der Waals surface area contributed by atoms with Gasteiger partial charge in [0.1, 0.15) is 11.6 Å². The predicted octanol–water partition coefficient (Wildman–Crippen LogP) is 2.58. The van der Waals surface area contributed by atoms with Crippen LogP contribution in [0, 0.1) is 12.7 Å². The second-order valence-corrected chi connectivity index (χ2v) is 6.29. The Labute approximate surface area is 130 Å². The third-order valence-corrected chi connectivity index (χ3v) is 4.37. The average Bonchev–Trinajstić information content (AvgIpc) is 3.16. The molecule has 0 radical (unpaired) electrons. The maximum absolute atomic E-state index is 13.0. The van der Waals surface area contributed by atoms with Crippen LogP contribution in [0.25, 0.3) is 0 Å². The van der Waals surface area contributed by atoms with Gasteiger partial charge in [-0.15, -0.1) is 0 Å². The Balaban J connectivity index is 1.64. The van der Waals surface area contributed by atoms with E-state index < -0.39 is 0 Å². The van der Waals surface area contributed by atoms with Crippen LogP contribution in [0.4, 0.5) is 10.2 Å². The summed E-state index contributed by atoms with van der Waals surface area (Å²) in [6.45, 7) is 2.86. The minimum absolute atomic E-state index is 0.171. The van der Waals surface area contributed by atoms with E-state index in [1.165, 1.54) is 11.1 Å². The number of benzene rings is 1. The molecule has 1 aliphatic carbocycles. The minimum atomic E-state index is -0.171. The lowest BCUT2D eigenvalue weighted by atomic mass is 10.1. The largest absolute Gasteiger partial charge is 0.363 e. The van der Waals surface area contributed by atoms with Crippen LogP contribution in [0.5, 0.6) is 0 Å². The molecular weight excluding hydrogens is 279 g/mol. The number of hydrogen-bond acceptors (Lipinski definition) is 3. The Hall–Kier alpha value is -1.88. The van der Waals surface area contributed by atoms with E-state index in [-0.39, 0.29) is 5.82 Å². The Kier molecular flexibility index (Phi) is 3.91. The van der Waals surface area contributed by atoms with E-state index in [0.29, 0.717) is 12.0 Å². The number of aromatic nitrogens is 2. The zero-order chi connectivity index (χ0) is 15.9. The first-order chi connectivity index (χ1) is 10.5. The van der Waals surface area contributed by atoms with Gasteiger partial charge in [0.25, 0.3) is 0 Å². The van der Waals surface area contributed by atoms with Crippen molar-refractivity contribution in [2.24, 2.45) is 7.05 Å². The normalized spacial score (nSPS) is 20.2. The fourth-order valence-electron chi connectivity index (χ4n) is 3.19. The molecule has 1 aliphatic rings. The van der Waals surface area contributed by atoms with Gasteiger partial charge in [-0.2, -0.15) is 5.10 Å². The van der Waals surface area contributed by atoms with Gasteiger partial charge in [-0.3, -0.25) is 4.68 Å². The van der Waals surface area contributed by atoms with E-state index in [2.05, 4.69) is 15.3 Å². The first kappa shape index (κ1) is 15.0. The standard InChI is InChI=1S/C17H23FN4/c1-11-15(17(21(2)3)22(4)20-11)10-19-16-9-14(16)12-5-7-13(18)8-6-12/h5-8,14,16,19H,9-10H2,1-4H3. The maximum atomic E-state index is 13.0. The van der Waals surface area contributed by atoms with Crippen molar-refractivity contribution in [1.82, 2.24) is 15.1 Å². The SMILES string of the molecule is Cc1nn(C)c(N(C)C)c1CNC1CC1c1ccc(F)cc1. The van der Waals surface area contributed by atoms with Gasteiger partial charge in [0.2, 0.25) is 0 Å². The lowest BCUT2D eigenvalue weighted by molar-refractivity contribution is 0.626. The van der Waals surface area contributed by atoms with Gasteiger partial charge in [0.05, 0.1) is 5.69 Å². The minimum Gasteiger partial charge on any atom is -0.363 e. The van der Waals surface area contributed by atoms with Crippen molar-refractivity contribution < 1.29 is 4.39 Å². The van der Waals surface area contributed by atoms with Crippen molar-refractivity contribution in [3.8, 4) is 0 Å². The average molecular weight is 302 g/mol. The summed E-state index contributed by atoms with van der Waals surface area (Å²) in [7, 11) is 6.06. The smallest absolute Gasteiger partial charge is 0.130 e. The second-order valence-electron chi connectivity index (χ2n) is 6.29. The van der Waals surface area contributed by atoms with Crippen molar-refractivity contribution in [2.45, 2.75) is 31.8 Å². The third kappa shape index (κ3) is 2.86. The van der Waals surface area contributed by atoms with Crippen LogP contribution < -0.4 is 10.2 Å². The Morgan fingerprint density at radius 1 is 1.32 bits per heavy atom. The molecule has 118 valence electrons. The number of hydrogen-bond donors (Lipinski definition) is 1. The van der Waals surface area contributed by atoms with E-state index in [1.54, 1.807) is 12.1 Å². The summed E-state index contributed by atoms with van der Waals surface area (Å²) in [5.41, 5.74) is 3.53. The van der Waals surface area contributed by atoms with Gasteiger partial charge in [-0.1, -0.05) is 12.1 Å². The summed E-state index contributed by atoms with van der Waals surface area (Å²) in [5, 5.41) is 8.12. The van der Waals surface area contributed by atoms with Crippen LogP contribution in [-0.2, 0) is 13.6 Å². The molecule has 0 amide bonds. The highest BCUT2D eigenvalue weighted by Gasteiger charge is 2.38. The van der Waals surface area contributed by atoms with Crippen LogP contribution in [0.3, 0.4) is 0 Å². The van der Waals surface area contributed by atoms with Crippen LogP contribution in [-0.4, -0.2) is 29.9 Å². The zero-order valence-corrected chi connectivity index (χ0v) is 13.6. The molecule has 2 atom stereocenters. The first-order valence-corrected chi connectivity index (χ1v) is 7.66. The number of aryl methyl sites for hydroxylation is 2. The third-order valence-electron chi connectivity index (χ3n) is 4.37. The molecule has 1 aromatic heterocycles. The summed E-state index contributed by atoms with van der Waals surface area (Å²) in [6.07, 6.45) is 1.11. The highest BCUT2D eigenvalue weighted by Crippen LogP contribution is 2.41. The lowest BCUT2D eigenvalue weighted by Crippen LogP contribution is -2.21. The summed E-state index contributed by atoms with van der Waals surface area (Å²) in [6, 6.07) is 7.34. The van der Waals surface area contributed by atoms with Crippen molar-refractivity contribution in [2.75, 3.05) is 19.0 Å². The van der Waals surface area contributed by atoms with Crippen LogP contribution >= 0.6 is 0 Å². The molecule has 1 N–H and O–H groups in total. The highest BCUT2D eigenvalue weighted by atomic mass is 19.1. The number of nitrogens with zero attached hydrogens (tertiary/aromatic N) is 3. The number of rotatable bonds is 5. The topological polar surface area (TPSA) is 33.1 Å². The molecule has 1 heterocycles. The van der Waals surface area contributed by atoms with Gasteiger partial charge in [-0.05, 0) is 31.0 Å². The molecule has 4 nitrogen and oxygen atoms in total. The molecule has 2 aromatic rings. The fraction of sp³-hybridized carbons (Fsp3) is 0.471. The number of halogens is 1. The van der Waals surface area contributed by atoms with Gasteiger partial charge < -0.3 is 10.2 Å². The highest BCUT2D eigenvalue weighted by molar-refractivity contribution is 5.49. The monoisotopic (exact) mass is 302 g/mol. The molecule has 5 heteroatoms. The number of anilines is 1.